The molecule has 0 spiro atoms. The first-order chi connectivity index (χ1) is 19.0. The Kier molecular flexibility index (Phi) is 9.80. The monoisotopic (exact) mass is 688 g/mol. The van der Waals surface area contributed by atoms with E-state index in [9.17, 15) is 0 Å². The van der Waals surface area contributed by atoms with E-state index in [-0.39, 0.29) is 10.8 Å². The van der Waals surface area contributed by atoms with Crippen LogP contribution in [0, 0.1) is 6.08 Å². The summed E-state index contributed by atoms with van der Waals surface area (Å²) in [4.78, 5) is 0. The first-order valence-corrected chi connectivity index (χ1v) is 15.9. The quantitative estimate of drug-likeness (QED) is 0.128. The van der Waals surface area contributed by atoms with Crippen molar-refractivity contribution in [3.8, 4) is 0 Å². The average Bonchev–Trinajstić information content (AvgIpc) is 3.64. The molecule has 0 aromatic heterocycles. The van der Waals surface area contributed by atoms with E-state index in [1.807, 2.05) is 12.2 Å². The second-order valence-electron chi connectivity index (χ2n) is 12.4. The van der Waals surface area contributed by atoms with Crippen LogP contribution < -0.4 is 0 Å². The van der Waals surface area contributed by atoms with Crippen molar-refractivity contribution in [3.63, 3.8) is 0 Å². The van der Waals surface area contributed by atoms with Gasteiger partial charge in [0.15, 0.2) is 0 Å². The standard InChI is InChI=1S/C21H25.C13H10.C5H5.Hf/c1-20(2,3)16-7-9-18-14(12-16)11-15-13-17(21(4,5)6)8-10-19(15)18;1-3-7-12(8-4-1)11-13-9-5-2-6-10-13;1-2-4-5-3-1;/h7-13H,1-6H3;1-10H;1-3H,4H2;/q-1;;-1;+2. The summed E-state index contributed by atoms with van der Waals surface area (Å²) >= 11 is 1.08. The van der Waals surface area contributed by atoms with Crippen LogP contribution >= 0.6 is 0 Å². The molecule has 0 atom stereocenters. The van der Waals surface area contributed by atoms with Crippen molar-refractivity contribution >= 4 is 24.8 Å². The minimum absolute atomic E-state index is 0.203. The number of allylic oxidation sites excluding steroid dienone is 4. The number of benzene rings is 4. The fourth-order valence-corrected chi connectivity index (χ4v) is 5.87. The Hall–Kier alpha value is -3.03. The molecule has 0 N–H and O–H groups in total. The Morgan fingerprint density at radius 1 is 0.650 bits per heavy atom. The molecule has 1 heteroatoms. The van der Waals surface area contributed by atoms with Crippen LogP contribution in [0.1, 0.15) is 70.2 Å². The molecule has 0 heterocycles. The Bertz CT molecular complexity index is 1500. The Labute approximate surface area is 255 Å². The third-order valence-corrected chi connectivity index (χ3v) is 9.22. The molecular weight excluding hydrogens is 647 g/mol. The predicted molar refractivity (Wildman–Crippen MR) is 172 cm³/mol. The maximum absolute atomic E-state index is 2.99. The third-order valence-electron chi connectivity index (χ3n) is 7.15. The molecule has 0 fully saturated rings. The van der Waals surface area contributed by atoms with Gasteiger partial charge in [0.05, 0.1) is 0 Å². The van der Waals surface area contributed by atoms with Crippen LogP contribution in [0.15, 0.2) is 121 Å². The van der Waals surface area contributed by atoms with E-state index in [0.717, 1.165) is 30.3 Å². The fraction of sp³-hybridized carbons (Fsp3) is 0.231. The molecule has 0 bridgehead atoms. The second-order valence-corrected chi connectivity index (χ2v) is 14.2. The molecule has 0 unspecified atom stereocenters. The second kappa shape index (κ2) is 13.1. The molecule has 0 radical (unpaired) electrons. The van der Waals surface area contributed by atoms with Crippen molar-refractivity contribution in [1.29, 1.82) is 0 Å². The van der Waals surface area contributed by atoms with E-state index in [1.165, 1.54) is 47.1 Å². The fourth-order valence-electron chi connectivity index (χ4n) is 4.67. The number of fused-ring (bicyclic) bond motifs is 3. The van der Waals surface area contributed by atoms with Gasteiger partial charge in [-0.25, -0.2) is 12.2 Å². The minimum atomic E-state index is 0.203. The summed E-state index contributed by atoms with van der Waals surface area (Å²) in [5.74, 6) is 0. The van der Waals surface area contributed by atoms with Crippen molar-refractivity contribution < 1.29 is 23.9 Å². The topological polar surface area (TPSA) is 0 Å². The van der Waals surface area contributed by atoms with E-state index < -0.39 is 0 Å². The van der Waals surface area contributed by atoms with Crippen molar-refractivity contribution in [2.45, 2.75) is 58.8 Å². The van der Waals surface area contributed by atoms with Crippen LogP contribution in [-0.2, 0) is 34.7 Å². The molecule has 6 rings (SSSR count). The first-order valence-electron chi connectivity index (χ1n) is 14.1. The maximum atomic E-state index is 2.99. The van der Waals surface area contributed by atoms with Gasteiger partial charge in [0.2, 0.25) is 0 Å². The summed E-state index contributed by atoms with van der Waals surface area (Å²) in [7, 11) is 0. The summed E-state index contributed by atoms with van der Waals surface area (Å²) in [5.41, 5.74) is 5.92. The summed E-state index contributed by atoms with van der Waals surface area (Å²) in [6.45, 7) is 13.6. The van der Waals surface area contributed by atoms with E-state index in [1.54, 1.807) is 0 Å². The van der Waals surface area contributed by atoms with Crippen LogP contribution in [0.25, 0.3) is 21.5 Å². The van der Waals surface area contributed by atoms with Gasteiger partial charge in [-0.2, -0.15) is 6.08 Å². The zero-order chi connectivity index (χ0) is 28.8. The van der Waals surface area contributed by atoms with Crippen molar-refractivity contribution in [3.05, 3.63) is 150 Å². The third kappa shape index (κ3) is 7.79. The van der Waals surface area contributed by atoms with Crippen LogP contribution in [0.2, 0.25) is 0 Å². The van der Waals surface area contributed by atoms with Crippen molar-refractivity contribution in [2.75, 3.05) is 0 Å². The average molecular weight is 687 g/mol. The molecule has 1 aliphatic carbocycles. The van der Waals surface area contributed by atoms with Gasteiger partial charge in [-0.3, -0.25) is 6.08 Å². The molecule has 1 aliphatic rings. The van der Waals surface area contributed by atoms with Crippen LogP contribution in [0.3, 0.4) is 0 Å². The van der Waals surface area contributed by atoms with E-state index in [0.29, 0.717) is 0 Å². The summed E-state index contributed by atoms with van der Waals surface area (Å²) in [6, 6.07) is 37.4. The Morgan fingerprint density at radius 3 is 1.43 bits per heavy atom. The number of rotatable bonds is 2. The first kappa shape index (κ1) is 29.9. The molecule has 40 heavy (non-hydrogen) atoms. The number of hydrogen-bond acceptors (Lipinski definition) is 0. The van der Waals surface area contributed by atoms with Gasteiger partial charge >= 0.3 is 98.9 Å². The molecule has 5 aromatic carbocycles. The van der Waals surface area contributed by atoms with Gasteiger partial charge in [-0.1, -0.05) is 76.9 Å². The summed E-state index contributed by atoms with van der Waals surface area (Å²) in [6.07, 6.45) is 10.0. The van der Waals surface area contributed by atoms with Crippen LogP contribution in [0.5, 0.6) is 0 Å². The van der Waals surface area contributed by atoms with E-state index in [2.05, 4.69) is 157 Å². The van der Waals surface area contributed by atoms with Crippen LogP contribution in [0.4, 0.5) is 0 Å². The van der Waals surface area contributed by atoms with Gasteiger partial charge in [0, 0.05) is 0 Å². The van der Waals surface area contributed by atoms with Crippen molar-refractivity contribution in [1.82, 2.24) is 0 Å². The van der Waals surface area contributed by atoms with E-state index >= 15 is 0 Å². The van der Waals surface area contributed by atoms with Gasteiger partial charge in [0.25, 0.3) is 0 Å². The zero-order valence-corrected chi connectivity index (χ0v) is 28.3. The molecule has 0 saturated heterocycles. The normalized spacial score (nSPS) is 12.6. The summed E-state index contributed by atoms with van der Waals surface area (Å²) in [5, 5.41) is 5.48. The SMILES string of the molecule is CC(C)(C)c1ccc2c(c1)[cH-]c1cc(C(C)(C)C)ccc12.[C-]1=CC=CC1.[Hf+2]=[C](c1ccccc1)c1ccccc1. The van der Waals surface area contributed by atoms with Crippen molar-refractivity contribution in [2.24, 2.45) is 0 Å². The Balaban J connectivity index is 0.000000166. The van der Waals surface area contributed by atoms with Gasteiger partial charge < -0.3 is 0 Å². The van der Waals surface area contributed by atoms with E-state index in [4.69, 9.17) is 0 Å². The summed E-state index contributed by atoms with van der Waals surface area (Å²) < 4.78 is 1.46. The molecule has 0 nitrogen and oxygen atoms in total. The molecule has 0 aliphatic heterocycles. The molecule has 0 amide bonds. The predicted octanol–water partition coefficient (Wildman–Crippen LogP) is 10.4. The van der Waals surface area contributed by atoms with Crippen LogP contribution in [-0.4, -0.2) is 3.26 Å². The molecule has 200 valence electrons. The molecule has 5 aromatic rings. The number of hydrogen-bond donors (Lipinski definition) is 0. The van der Waals surface area contributed by atoms with Gasteiger partial charge in [-0.05, 0) is 10.8 Å². The Morgan fingerprint density at radius 2 is 1.10 bits per heavy atom. The van der Waals surface area contributed by atoms with Gasteiger partial charge in [0.1, 0.15) is 0 Å². The zero-order valence-electron chi connectivity index (χ0n) is 24.8. The molecule has 0 saturated carbocycles. The van der Waals surface area contributed by atoms with Gasteiger partial charge in [-0.15, -0.1) is 46.2 Å². The molecular formula is C39H40Hf.